The highest BCUT2D eigenvalue weighted by atomic mass is 16.3. The predicted octanol–water partition coefficient (Wildman–Crippen LogP) is 10.9. The molecule has 0 fully saturated rings. The van der Waals surface area contributed by atoms with Crippen LogP contribution >= 0.6 is 0 Å². The molecule has 55 heavy (non-hydrogen) atoms. The Morgan fingerprint density at radius 3 is 1.65 bits per heavy atom. The molecule has 2 aromatic heterocycles. The Kier molecular flexibility index (Phi) is 8.07. The SMILES string of the molecule is c1ccc(-c2nc(-c3ccccc3)nc(-c3ccccc3C3=NC(c4ccccc4)NC(c4ccccc4-c4cccc5oc6ccccc6c45)=N3)n2)cc1. The smallest absolute Gasteiger partial charge is 0.164 e. The Morgan fingerprint density at radius 1 is 0.418 bits per heavy atom. The molecule has 7 nitrogen and oxygen atoms in total. The Balaban J connectivity index is 1.16. The van der Waals surface area contributed by atoms with Crippen molar-refractivity contribution in [3.05, 3.63) is 199 Å². The molecule has 7 heteroatoms. The quantitative estimate of drug-likeness (QED) is 0.178. The normalized spacial score (nSPS) is 14.0. The molecule has 1 unspecified atom stereocenters. The lowest BCUT2D eigenvalue weighted by Gasteiger charge is -2.25. The van der Waals surface area contributed by atoms with Crippen molar-refractivity contribution in [2.75, 3.05) is 0 Å². The highest BCUT2D eigenvalue weighted by Gasteiger charge is 2.26. The fourth-order valence-electron chi connectivity index (χ4n) is 7.24. The summed E-state index contributed by atoms with van der Waals surface area (Å²) in [7, 11) is 0. The second-order valence-corrected chi connectivity index (χ2v) is 13.3. The van der Waals surface area contributed by atoms with Crippen molar-refractivity contribution in [2.24, 2.45) is 9.98 Å². The molecule has 9 aromatic rings. The van der Waals surface area contributed by atoms with Gasteiger partial charge in [0.15, 0.2) is 23.3 Å². The van der Waals surface area contributed by atoms with Crippen LogP contribution in [0.5, 0.6) is 0 Å². The minimum Gasteiger partial charge on any atom is -0.456 e. The van der Waals surface area contributed by atoms with Crippen molar-refractivity contribution in [3.8, 4) is 45.3 Å². The van der Waals surface area contributed by atoms with Gasteiger partial charge in [-0.3, -0.25) is 0 Å². The monoisotopic (exact) mass is 708 g/mol. The highest BCUT2D eigenvalue weighted by molar-refractivity contribution is 6.19. The average Bonchev–Trinajstić information content (AvgIpc) is 3.66. The van der Waals surface area contributed by atoms with E-state index in [1.165, 1.54) is 0 Å². The van der Waals surface area contributed by atoms with Crippen LogP contribution in [0, 0.1) is 0 Å². The molecule has 0 amide bonds. The molecule has 10 rings (SSSR count). The van der Waals surface area contributed by atoms with Crippen LogP contribution in [0.2, 0.25) is 0 Å². The third kappa shape index (κ3) is 6.03. The number of hydrogen-bond acceptors (Lipinski definition) is 7. The Bertz CT molecular complexity index is 2840. The van der Waals surface area contributed by atoms with Crippen molar-refractivity contribution >= 4 is 33.6 Å². The van der Waals surface area contributed by atoms with Crippen LogP contribution in [0.1, 0.15) is 22.9 Å². The van der Waals surface area contributed by atoms with Crippen LogP contribution in [-0.2, 0) is 0 Å². The van der Waals surface area contributed by atoms with Gasteiger partial charge in [-0.15, -0.1) is 0 Å². The van der Waals surface area contributed by atoms with Gasteiger partial charge in [-0.1, -0.05) is 170 Å². The highest BCUT2D eigenvalue weighted by Crippen LogP contribution is 2.38. The number of aliphatic imine (C=N–C) groups is 2. The summed E-state index contributed by atoms with van der Waals surface area (Å²) in [5.74, 6) is 3.00. The van der Waals surface area contributed by atoms with E-state index in [2.05, 4.69) is 59.9 Å². The molecule has 0 spiro atoms. The van der Waals surface area contributed by atoms with Crippen molar-refractivity contribution in [1.82, 2.24) is 20.3 Å². The van der Waals surface area contributed by atoms with E-state index in [-0.39, 0.29) is 0 Å². The van der Waals surface area contributed by atoms with Gasteiger partial charge in [-0.25, -0.2) is 24.9 Å². The van der Waals surface area contributed by atoms with E-state index in [0.29, 0.717) is 29.1 Å². The molecule has 0 radical (unpaired) electrons. The van der Waals surface area contributed by atoms with Gasteiger partial charge >= 0.3 is 0 Å². The van der Waals surface area contributed by atoms with Crippen LogP contribution in [0.15, 0.2) is 196 Å². The zero-order chi connectivity index (χ0) is 36.6. The summed E-state index contributed by atoms with van der Waals surface area (Å²) in [6.07, 6.45) is -0.409. The van der Waals surface area contributed by atoms with E-state index in [0.717, 1.165) is 66.4 Å². The van der Waals surface area contributed by atoms with Crippen molar-refractivity contribution in [2.45, 2.75) is 6.17 Å². The van der Waals surface area contributed by atoms with E-state index in [9.17, 15) is 0 Å². The number of furan rings is 1. The molecule has 0 saturated carbocycles. The summed E-state index contributed by atoms with van der Waals surface area (Å²) in [4.78, 5) is 25.6. The number of fused-ring (bicyclic) bond motifs is 3. The van der Waals surface area contributed by atoms with E-state index in [4.69, 9.17) is 29.4 Å². The molecule has 3 heterocycles. The number of amidine groups is 2. The summed E-state index contributed by atoms with van der Waals surface area (Å²) in [6.45, 7) is 0. The number of benzene rings is 7. The van der Waals surface area contributed by atoms with Gasteiger partial charge in [-0.05, 0) is 28.8 Å². The summed E-state index contributed by atoms with van der Waals surface area (Å²) in [5.41, 5.74) is 9.18. The summed E-state index contributed by atoms with van der Waals surface area (Å²) >= 11 is 0. The summed E-state index contributed by atoms with van der Waals surface area (Å²) in [5, 5.41) is 5.83. The second kappa shape index (κ2) is 13.8. The Hall–Kier alpha value is -7.51. The van der Waals surface area contributed by atoms with Crippen LogP contribution in [0.4, 0.5) is 0 Å². The maximum Gasteiger partial charge on any atom is 0.164 e. The molecule has 1 aliphatic heterocycles. The van der Waals surface area contributed by atoms with E-state index < -0.39 is 6.17 Å². The number of nitrogens with zero attached hydrogens (tertiary/aromatic N) is 5. The van der Waals surface area contributed by atoms with Gasteiger partial charge in [0.1, 0.15) is 23.2 Å². The number of hydrogen-bond donors (Lipinski definition) is 1. The van der Waals surface area contributed by atoms with Gasteiger partial charge in [-0.2, -0.15) is 0 Å². The number of nitrogens with one attached hydrogen (secondary N) is 1. The summed E-state index contributed by atoms with van der Waals surface area (Å²) in [6, 6.07) is 61.1. The number of aromatic nitrogens is 3. The lowest BCUT2D eigenvalue weighted by molar-refractivity contribution is 0.669. The van der Waals surface area contributed by atoms with Crippen molar-refractivity contribution in [1.29, 1.82) is 0 Å². The lowest BCUT2D eigenvalue weighted by Crippen LogP contribution is -2.34. The maximum atomic E-state index is 6.30. The van der Waals surface area contributed by atoms with Gasteiger partial charge in [0, 0.05) is 38.6 Å². The third-order valence-electron chi connectivity index (χ3n) is 9.84. The molecule has 1 aliphatic rings. The predicted molar refractivity (Wildman–Crippen MR) is 221 cm³/mol. The molecule has 1 atom stereocenters. The van der Waals surface area contributed by atoms with Crippen molar-refractivity contribution < 1.29 is 4.42 Å². The van der Waals surface area contributed by atoms with E-state index >= 15 is 0 Å². The standard InChI is InChI=1S/C48H32N6O/c1-4-17-31(18-5-1)43-49-44(32-19-6-2-7-20-32)51-47(50-43)37-25-12-13-26-38(37)48-53-45(33-21-8-3-9-22-33)52-46(54-48)36-24-11-10-23-34(36)35-28-16-30-41-42(35)39-27-14-15-29-40(39)55-41/h1-30,45H,(H,52,53,54). The lowest BCUT2D eigenvalue weighted by atomic mass is 9.94. The van der Waals surface area contributed by atoms with Crippen LogP contribution in [0.3, 0.4) is 0 Å². The van der Waals surface area contributed by atoms with Crippen LogP contribution in [0.25, 0.3) is 67.2 Å². The molecule has 7 aromatic carbocycles. The Morgan fingerprint density at radius 2 is 0.945 bits per heavy atom. The minimum atomic E-state index is -0.409. The number of para-hydroxylation sites is 1. The van der Waals surface area contributed by atoms with E-state index in [1.807, 2.05) is 127 Å². The molecule has 1 N–H and O–H groups in total. The summed E-state index contributed by atoms with van der Waals surface area (Å²) < 4.78 is 6.30. The first-order chi connectivity index (χ1) is 27.3. The zero-order valence-electron chi connectivity index (χ0n) is 29.5. The molecular formula is C48H32N6O. The second-order valence-electron chi connectivity index (χ2n) is 13.3. The van der Waals surface area contributed by atoms with Crippen molar-refractivity contribution in [3.63, 3.8) is 0 Å². The Labute approximate surface area is 317 Å². The van der Waals surface area contributed by atoms with Gasteiger partial charge in [0.2, 0.25) is 0 Å². The average molecular weight is 709 g/mol. The van der Waals surface area contributed by atoms with Gasteiger partial charge in [0.05, 0.1) is 0 Å². The topological polar surface area (TPSA) is 88.6 Å². The fourth-order valence-corrected chi connectivity index (χ4v) is 7.24. The van der Waals surface area contributed by atoms with Gasteiger partial charge < -0.3 is 9.73 Å². The number of rotatable bonds is 7. The third-order valence-corrected chi connectivity index (χ3v) is 9.84. The van der Waals surface area contributed by atoms with E-state index in [1.54, 1.807) is 0 Å². The molecule has 260 valence electrons. The molecule has 0 aliphatic carbocycles. The first kappa shape index (κ1) is 32.2. The zero-order valence-corrected chi connectivity index (χ0v) is 29.5. The van der Waals surface area contributed by atoms with Crippen LogP contribution < -0.4 is 5.32 Å². The molecule has 0 saturated heterocycles. The molecular weight excluding hydrogens is 677 g/mol. The van der Waals surface area contributed by atoms with Gasteiger partial charge in [0.25, 0.3) is 0 Å². The largest absolute Gasteiger partial charge is 0.456 e. The fraction of sp³-hybridized carbons (Fsp3) is 0.0208. The molecule has 0 bridgehead atoms. The first-order valence-corrected chi connectivity index (χ1v) is 18.2. The maximum absolute atomic E-state index is 6.30. The van der Waals surface area contributed by atoms with Crippen LogP contribution in [-0.4, -0.2) is 26.6 Å². The minimum absolute atomic E-state index is 0.409. The first-order valence-electron chi connectivity index (χ1n) is 18.2.